The highest BCUT2D eigenvalue weighted by molar-refractivity contribution is 7.98. The summed E-state index contributed by atoms with van der Waals surface area (Å²) < 4.78 is 12.6. The highest BCUT2D eigenvalue weighted by Gasteiger charge is 2.22. The van der Waals surface area contributed by atoms with Crippen molar-refractivity contribution in [3.63, 3.8) is 0 Å². The van der Waals surface area contributed by atoms with Crippen LogP contribution in [-0.4, -0.2) is 56.1 Å². The maximum absolute atomic E-state index is 5.56. The van der Waals surface area contributed by atoms with Crippen molar-refractivity contribution in [2.24, 2.45) is 0 Å². The van der Waals surface area contributed by atoms with Crippen LogP contribution in [0.25, 0.3) is 22.2 Å². The zero-order chi connectivity index (χ0) is 22.0. The van der Waals surface area contributed by atoms with Crippen LogP contribution >= 0.6 is 11.8 Å². The number of hydrogen-bond acceptors (Lipinski definition) is 9. The smallest absolute Gasteiger partial charge is 0.208 e. The summed E-state index contributed by atoms with van der Waals surface area (Å²) in [7, 11) is 0. The molecule has 0 saturated carbocycles. The number of ether oxygens (including phenoxy) is 1. The third kappa shape index (κ3) is 4.03. The van der Waals surface area contributed by atoms with E-state index in [0.29, 0.717) is 19.8 Å². The van der Waals surface area contributed by atoms with Gasteiger partial charge in [-0.25, -0.2) is 19.6 Å². The van der Waals surface area contributed by atoms with Gasteiger partial charge in [0.2, 0.25) is 5.95 Å². The van der Waals surface area contributed by atoms with Crippen LogP contribution in [0.15, 0.2) is 64.5 Å². The maximum atomic E-state index is 5.56. The van der Waals surface area contributed by atoms with E-state index in [0.717, 1.165) is 57.6 Å². The van der Waals surface area contributed by atoms with E-state index in [1.165, 1.54) is 5.56 Å². The van der Waals surface area contributed by atoms with Crippen molar-refractivity contribution >= 4 is 39.9 Å². The molecule has 1 saturated heterocycles. The monoisotopic (exact) mass is 459 g/mol. The minimum absolute atomic E-state index is 0.695. The summed E-state index contributed by atoms with van der Waals surface area (Å²) in [5.41, 5.74) is 5.49. The summed E-state index contributed by atoms with van der Waals surface area (Å²) in [5.74, 6) is 1.64. The molecule has 1 aliphatic heterocycles. The lowest BCUT2D eigenvalue weighted by Crippen LogP contribution is -2.38. The molecular weight excluding hydrogens is 438 g/mol. The number of morpholine rings is 1. The van der Waals surface area contributed by atoms with Gasteiger partial charge < -0.3 is 9.64 Å². The predicted molar refractivity (Wildman–Crippen MR) is 125 cm³/mol. The third-order valence-electron chi connectivity index (χ3n) is 5.65. The van der Waals surface area contributed by atoms with Gasteiger partial charge in [-0.2, -0.15) is 0 Å². The number of fused-ring (bicyclic) bond motifs is 2. The number of imidazole rings is 1. The molecule has 0 radical (unpaired) electrons. The molecule has 9 nitrogen and oxygen atoms in total. The highest BCUT2D eigenvalue weighted by atomic mass is 32.2. The van der Waals surface area contributed by atoms with Crippen LogP contribution in [0, 0.1) is 0 Å². The quantitative estimate of drug-likeness (QED) is 0.279. The Kier molecular flexibility index (Phi) is 5.37. The average molecular weight is 460 g/mol. The van der Waals surface area contributed by atoms with Gasteiger partial charge in [-0.05, 0) is 33.6 Å². The molecule has 6 rings (SSSR count). The fraction of sp³-hybridized carbons (Fsp3) is 0.261. The van der Waals surface area contributed by atoms with Gasteiger partial charge in [0.1, 0.15) is 27.9 Å². The standard InChI is InChI=1S/C23H21N7O2S/c1-2-4-16(5-3-1)13-30-21-20(26-23(30)29-8-10-31-11-9-29)22(25-15-24-21)33-14-17-6-7-18-19(12-17)28-32-27-18/h1-7,12,15H,8-11,13-14H2. The van der Waals surface area contributed by atoms with Crippen LogP contribution in [-0.2, 0) is 17.0 Å². The van der Waals surface area contributed by atoms with E-state index in [4.69, 9.17) is 14.3 Å². The molecule has 0 aliphatic carbocycles. The Morgan fingerprint density at radius 1 is 0.909 bits per heavy atom. The van der Waals surface area contributed by atoms with Crippen molar-refractivity contribution in [1.82, 2.24) is 29.8 Å². The molecule has 0 N–H and O–H groups in total. The Morgan fingerprint density at radius 2 is 1.76 bits per heavy atom. The minimum atomic E-state index is 0.695. The lowest BCUT2D eigenvalue weighted by molar-refractivity contribution is 0.121. The summed E-state index contributed by atoms with van der Waals surface area (Å²) >= 11 is 1.64. The number of nitrogens with zero attached hydrogens (tertiary/aromatic N) is 7. The molecule has 10 heteroatoms. The number of rotatable bonds is 6. The number of aromatic nitrogens is 6. The van der Waals surface area contributed by atoms with Gasteiger partial charge in [-0.3, -0.25) is 4.57 Å². The molecule has 0 bridgehead atoms. The zero-order valence-electron chi connectivity index (χ0n) is 17.8. The maximum Gasteiger partial charge on any atom is 0.208 e. The first kappa shape index (κ1) is 20.1. The first-order valence-corrected chi connectivity index (χ1v) is 11.8. The fourth-order valence-electron chi connectivity index (χ4n) is 4.00. The Hall–Kier alpha value is -3.50. The Morgan fingerprint density at radius 3 is 2.64 bits per heavy atom. The highest BCUT2D eigenvalue weighted by Crippen LogP contribution is 2.31. The number of thioether (sulfide) groups is 1. The Bertz CT molecular complexity index is 1400. The fourth-order valence-corrected chi connectivity index (χ4v) is 4.87. The average Bonchev–Trinajstić information content (AvgIpc) is 3.49. The van der Waals surface area contributed by atoms with E-state index in [-0.39, 0.29) is 0 Å². The van der Waals surface area contributed by atoms with Gasteiger partial charge in [0, 0.05) is 18.8 Å². The molecule has 1 aliphatic rings. The van der Waals surface area contributed by atoms with Crippen molar-refractivity contribution in [1.29, 1.82) is 0 Å². The molecule has 2 aromatic carbocycles. The van der Waals surface area contributed by atoms with Gasteiger partial charge in [-0.15, -0.1) is 0 Å². The number of hydrogen-bond donors (Lipinski definition) is 0. The predicted octanol–water partition coefficient (Wildman–Crippen LogP) is 3.54. The first-order chi connectivity index (χ1) is 16.3. The second kappa shape index (κ2) is 8.80. The van der Waals surface area contributed by atoms with Crippen molar-refractivity contribution < 1.29 is 9.37 Å². The molecule has 0 spiro atoms. The molecule has 0 unspecified atom stereocenters. The van der Waals surface area contributed by atoms with E-state index in [2.05, 4.69) is 54.0 Å². The molecule has 0 amide bonds. The summed E-state index contributed by atoms with van der Waals surface area (Å²) in [6.07, 6.45) is 1.63. The summed E-state index contributed by atoms with van der Waals surface area (Å²) in [6, 6.07) is 16.3. The van der Waals surface area contributed by atoms with Crippen molar-refractivity contribution in [2.75, 3.05) is 31.2 Å². The van der Waals surface area contributed by atoms with Gasteiger partial charge in [0.15, 0.2) is 5.65 Å². The summed E-state index contributed by atoms with van der Waals surface area (Å²) in [6.45, 7) is 3.70. The lowest BCUT2D eigenvalue weighted by atomic mass is 10.2. The molecule has 33 heavy (non-hydrogen) atoms. The summed E-state index contributed by atoms with van der Waals surface area (Å²) in [5, 5.41) is 8.67. The number of anilines is 1. The largest absolute Gasteiger partial charge is 0.378 e. The van der Waals surface area contributed by atoms with Crippen molar-refractivity contribution in [2.45, 2.75) is 17.3 Å². The van der Waals surface area contributed by atoms with Gasteiger partial charge >= 0.3 is 0 Å². The number of benzene rings is 2. The molecule has 3 aromatic heterocycles. The van der Waals surface area contributed by atoms with E-state index < -0.39 is 0 Å². The van der Waals surface area contributed by atoms with E-state index in [1.807, 2.05) is 24.3 Å². The van der Waals surface area contributed by atoms with Crippen LogP contribution in [0.1, 0.15) is 11.1 Å². The lowest BCUT2D eigenvalue weighted by Gasteiger charge is -2.28. The Balaban J connectivity index is 1.36. The van der Waals surface area contributed by atoms with Crippen LogP contribution in [0.2, 0.25) is 0 Å². The second-order valence-electron chi connectivity index (χ2n) is 7.81. The van der Waals surface area contributed by atoms with Gasteiger partial charge in [0.05, 0.1) is 19.8 Å². The topological polar surface area (TPSA) is 95.0 Å². The van der Waals surface area contributed by atoms with Crippen LogP contribution < -0.4 is 4.90 Å². The molecular formula is C23H21N7O2S. The van der Waals surface area contributed by atoms with E-state index in [9.17, 15) is 0 Å². The van der Waals surface area contributed by atoms with Crippen molar-refractivity contribution in [3.8, 4) is 0 Å². The second-order valence-corrected chi connectivity index (χ2v) is 8.77. The third-order valence-corrected chi connectivity index (χ3v) is 6.70. The van der Waals surface area contributed by atoms with Gasteiger partial charge in [0.25, 0.3) is 0 Å². The normalized spacial score (nSPS) is 14.4. The Labute approximate surface area is 193 Å². The zero-order valence-corrected chi connectivity index (χ0v) is 18.6. The van der Waals surface area contributed by atoms with Crippen LogP contribution in [0.3, 0.4) is 0 Å². The molecule has 1 fully saturated rings. The molecule has 166 valence electrons. The summed E-state index contributed by atoms with van der Waals surface area (Å²) in [4.78, 5) is 16.5. The van der Waals surface area contributed by atoms with Crippen LogP contribution in [0.5, 0.6) is 0 Å². The molecule has 5 aromatic rings. The van der Waals surface area contributed by atoms with Crippen LogP contribution in [0.4, 0.5) is 5.95 Å². The molecule has 4 heterocycles. The SMILES string of the molecule is c1ccc(Cn2c(N3CCOCC3)nc3c(SCc4ccc5nonc5c4)ncnc32)cc1. The minimum Gasteiger partial charge on any atom is -0.378 e. The molecule has 0 atom stereocenters. The van der Waals surface area contributed by atoms with Gasteiger partial charge in [-0.1, -0.05) is 48.2 Å². The first-order valence-electron chi connectivity index (χ1n) is 10.8. The van der Waals surface area contributed by atoms with E-state index in [1.54, 1.807) is 18.1 Å². The van der Waals surface area contributed by atoms with Crippen molar-refractivity contribution in [3.05, 3.63) is 66.0 Å². The van der Waals surface area contributed by atoms with E-state index >= 15 is 0 Å².